The van der Waals surface area contributed by atoms with Crippen LogP contribution in [-0.2, 0) is 10.0 Å². The van der Waals surface area contributed by atoms with Crippen LogP contribution in [0.5, 0.6) is 0 Å². The summed E-state index contributed by atoms with van der Waals surface area (Å²) in [5, 5.41) is 7.49. The summed E-state index contributed by atoms with van der Waals surface area (Å²) in [4.78, 5) is 14.8. The van der Waals surface area contributed by atoms with Crippen LogP contribution in [0.1, 0.15) is 21.5 Å². The van der Waals surface area contributed by atoms with Gasteiger partial charge in [-0.1, -0.05) is 17.7 Å². The largest absolute Gasteiger partial charge is 0.423 e. The zero-order chi connectivity index (χ0) is 21.3. The number of carbonyl (C=O) groups excluding carboxylic acids is 1. The van der Waals surface area contributed by atoms with E-state index < -0.39 is 10.0 Å². The first-order valence-electron chi connectivity index (χ1n) is 9.59. The molecular weight excluding hydrogens is 404 g/mol. The van der Waals surface area contributed by atoms with Gasteiger partial charge >= 0.3 is 0 Å². The molecule has 156 valence electrons. The molecule has 0 radical (unpaired) electrons. The van der Waals surface area contributed by atoms with E-state index in [-0.39, 0.29) is 19.0 Å². The Hall–Kier alpha value is -3.04. The molecule has 0 N–H and O–H groups in total. The van der Waals surface area contributed by atoms with Gasteiger partial charge in [-0.25, -0.2) is 8.42 Å². The predicted molar refractivity (Wildman–Crippen MR) is 110 cm³/mol. The predicted octanol–water partition coefficient (Wildman–Crippen LogP) is 2.50. The number of carbonyl (C=O) groups is 1. The Balaban J connectivity index is 1.43. The maximum absolute atomic E-state index is 13.0. The molecule has 1 fully saturated rings. The van der Waals surface area contributed by atoms with Crippen molar-refractivity contribution in [3.05, 3.63) is 65.5 Å². The van der Waals surface area contributed by atoms with Crippen LogP contribution in [0, 0.1) is 13.8 Å². The van der Waals surface area contributed by atoms with Gasteiger partial charge in [-0.05, 0) is 49.7 Å². The van der Waals surface area contributed by atoms with E-state index in [2.05, 4.69) is 10.2 Å². The first-order chi connectivity index (χ1) is 14.4. The Kier molecular flexibility index (Phi) is 5.40. The van der Waals surface area contributed by atoms with E-state index in [1.54, 1.807) is 48.2 Å². The van der Waals surface area contributed by atoms with Gasteiger partial charge in [0, 0.05) is 37.3 Å². The van der Waals surface area contributed by atoms with Crippen LogP contribution in [0.4, 0.5) is 0 Å². The smallest absolute Gasteiger partial charge is 0.253 e. The first-order valence-corrected chi connectivity index (χ1v) is 11.0. The molecule has 0 bridgehead atoms. The Morgan fingerprint density at radius 1 is 1.00 bits per heavy atom. The van der Waals surface area contributed by atoms with Gasteiger partial charge in [0.05, 0.1) is 4.90 Å². The molecule has 0 atom stereocenters. The minimum Gasteiger partial charge on any atom is -0.423 e. The highest BCUT2D eigenvalue weighted by Gasteiger charge is 2.31. The summed E-state index contributed by atoms with van der Waals surface area (Å²) in [6.45, 7) is 4.95. The van der Waals surface area contributed by atoms with E-state index in [1.807, 2.05) is 13.0 Å². The van der Waals surface area contributed by atoms with Crippen LogP contribution in [0.3, 0.4) is 0 Å². The molecule has 3 aromatic rings. The summed E-state index contributed by atoms with van der Waals surface area (Å²) in [5.41, 5.74) is 3.01. The third kappa shape index (κ3) is 3.86. The average Bonchev–Trinajstić information content (AvgIpc) is 3.28. The number of sulfonamides is 1. The highest BCUT2D eigenvalue weighted by molar-refractivity contribution is 7.89. The molecular formula is C21H22N4O4S. The lowest BCUT2D eigenvalue weighted by atomic mass is 10.1. The monoisotopic (exact) mass is 426 g/mol. The molecule has 0 aliphatic carbocycles. The second-order valence-corrected chi connectivity index (χ2v) is 9.19. The van der Waals surface area contributed by atoms with Gasteiger partial charge in [0.15, 0.2) is 0 Å². The fraction of sp³-hybridized carbons (Fsp3) is 0.286. The Morgan fingerprint density at radius 2 is 1.70 bits per heavy atom. The lowest BCUT2D eigenvalue weighted by Gasteiger charge is -2.34. The second-order valence-electron chi connectivity index (χ2n) is 7.29. The molecule has 0 unspecified atom stereocenters. The van der Waals surface area contributed by atoms with Crippen molar-refractivity contribution in [1.29, 1.82) is 0 Å². The maximum atomic E-state index is 13.0. The minimum absolute atomic E-state index is 0.129. The minimum atomic E-state index is -3.58. The number of hydrogen-bond donors (Lipinski definition) is 0. The average molecular weight is 426 g/mol. The van der Waals surface area contributed by atoms with Crippen LogP contribution in [0.25, 0.3) is 11.5 Å². The molecule has 1 aliphatic heterocycles. The summed E-state index contributed by atoms with van der Waals surface area (Å²) in [6.07, 6.45) is 1.25. The molecule has 1 saturated heterocycles. The van der Waals surface area contributed by atoms with Crippen LogP contribution in [-0.4, -0.2) is 59.9 Å². The maximum Gasteiger partial charge on any atom is 0.253 e. The molecule has 0 spiro atoms. The van der Waals surface area contributed by atoms with E-state index in [9.17, 15) is 13.2 Å². The van der Waals surface area contributed by atoms with Crippen LogP contribution < -0.4 is 0 Å². The molecule has 9 heteroatoms. The fourth-order valence-corrected chi connectivity index (χ4v) is 5.22. The topological polar surface area (TPSA) is 96.6 Å². The number of nitrogens with zero attached hydrogens (tertiary/aromatic N) is 4. The van der Waals surface area contributed by atoms with E-state index in [1.165, 1.54) is 10.7 Å². The molecule has 2 aromatic carbocycles. The summed E-state index contributed by atoms with van der Waals surface area (Å²) in [6, 6.07) is 12.2. The van der Waals surface area contributed by atoms with E-state index in [0.29, 0.717) is 29.4 Å². The normalized spacial score (nSPS) is 15.3. The van der Waals surface area contributed by atoms with Gasteiger partial charge in [0.25, 0.3) is 5.91 Å². The Labute approximate surface area is 175 Å². The van der Waals surface area contributed by atoms with Gasteiger partial charge in [0.2, 0.25) is 22.3 Å². The lowest BCUT2D eigenvalue weighted by Crippen LogP contribution is -2.50. The van der Waals surface area contributed by atoms with E-state index in [4.69, 9.17) is 4.42 Å². The number of benzene rings is 2. The van der Waals surface area contributed by atoms with Crippen LogP contribution in [0.15, 0.2) is 58.2 Å². The van der Waals surface area contributed by atoms with Crippen molar-refractivity contribution in [3.63, 3.8) is 0 Å². The third-order valence-corrected chi connectivity index (χ3v) is 7.27. The van der Waals surface area contributed by atoms with Crippen LogP contribution in [0.2, 0.25) is 0 Å². The third-order valence-electron chi connectivity index (χ3n) is 5.21. The molecule has 1 aliphatic rings. The fourth-order valence-electron chi connectivity index (χ4n) is 3.60. The van der Waals surface area contributed by atoms with Gasteiger partial charge < -0.3 is 9.32 Å². The summed E-state index contributed by atoms with van der Waals surface area (Å²) < 4.78 is 32.6. The van der Waals surface area contributed by atoms with Gasteiger partial charge in [-0.15, -0.1) is 10.2 Å². The molecule has 4 rings (SSSR count). The molecule has 1 amide bonds. The molecule has 1 aromatic heterocycles. The molecule has 30 heavy (non-hydrogen) atoms. The molecule has 2 heterocycles. The van der Waals surface area contributed by atoms with E-state index >= 15 is 0 Å². The summed E-state index contributed by atoms with van der Waals surface area (Å²) in [7, 11) is -3.58. The number of rotatable bonds is 4. The molecule has 0 saturated carbocycles. The van der Waals surface area contributed by atoms with Crippen molar-refractivity contribution in [2.75, 3.05) is 26.2 Å². The Morgan fingerprint density at radius 3 is 2.30 bits per heavy atom. The van der Waals surface area contributed by atoms with E-state index in [0.717, 1.165) is 16.7 Å². The standard InChI is InChI=1S/C21H22N4O4S/c1-15-3-8-19(16(2)13-15)30(27,28)25-11-9-24(10-12-25)21(26)18-6-4-17(5-7-18)20-23-22-14-29-20/h3-8,13-14H,9-12H2,1-2H3. The van der Waals surface area contributed by atoms with Crippen molar-refractivity contribution in [1.82, 2.24) is 19.4 Å². The highest BCUT2D eigenvalue weighted by atomic mass is 32.2. The summed E-state index contributed by atoms with van der Waals surface area (Å²) in [5.74, 6) is 0.259. The number of amides is 1. The van der Waals surface area contributed by atoms with Gasteiger partial charge in [0.1, 0.15) is 0 Å². The Bertz CT molecular complexity index is 1150. The number of aryl methyl sites for hydroxylation is 2. The number of aromatic nitrogens is 2. The zero-order valence-corrected chi connectivity index (χ0v) is 17.6. The van der Waals surface area contributed by atoms with Crippen molar-refractivity contribution in [2.45, 2.75) is 18.7 Å². The highest BCUT2D eigenvalue weighted by Crippen LogP contribution is 2.23. The van der Waals surface area contributed by atoms with Crippen molar-refractivity contribution < 1.29 is 17.6 Å². The van der Waals surface area contributed by atoms with Gasteiger partial charge in [-0.2, -0.15) is 4.31 Å². The zero-order valence-electron chi connectivity index (χ0n) is 16.8. The molecule has 8 nitrogen and oxygen atoms in total. The van der Waals surface area contributed by atoms with Crippen molar-refractivity contribution >= 4 is 15.9 Å². The van der Waals surface area contributed by atoms with Crippen LogP contribution >= 0.6 is 0 Å². The van der Waals surface area contributed by atoms with Crippen molar-refractivity contribution in [2.24, 2.45) is 0 Å². The van der Waals surface area contributed by atoms with Gasteiger partial charge in [-0.3, -0.25) is 4.79 Å². The van der Waals surface area contributed by atoms with Crippen molar-refractivity contribution in [3.8, 4) is 11.5 Å². The second kappa shape index (κ2) is 8.00. The lowest BCUT2D eigenvalue weighted by molar-refractivity contribution is 0.0698. The first kappa shape index (κ1) is 20.2. The SMILES string of the molecule is Cc1ccc(S(=O)(=O)N2CCN(C(=O)c3ccc(-c4nnco4)cc3)CC2)c(C)c1. The quantitative estimate of drug-likeness (QED) is 0.636. The number of hydrogen-bond acceptors (Lipinski definition) is 6. The summed E-state index contributed by atoms with van der Waals surface area (Å²) >= 11 is 0. The number of piperazine rings is 1.